The molecule has 1 aliphatic rings. The number of carbonyl (C=O) groups is 2. The molecule has 0 aliphatic carbocycles. The molecular formula is C19H18BrNO4. The molecule has 0 spiro atoms. The zero-order chi connectivity index (χ0) is 18.0. The molecule has 0 saturated carbocycles. The van der Waals surface area contributed by atoms with E-state index in [-0.39, 0.29) is 11.9 Å². The highest BCUT2D eigenvalue weighted by atomic mass is 79.9. The molecule has 0 radical (unpaired) electrons. The number of anilines is 1. The van der Waals surface area contributed by atoms with Crippen LogP contribution in [0.25, 0.3) is 6.08 Å². The van der Waals surface area contributed by atoms with Crippen LogP contribution in [0.4, 0.5) is 5.69 Å². The second-order valence-corrected chi connectivity index (χ2v) is 6.73. The van der Waals surface area contributed by atoms with Gasteiger partial charge in [-0.3, -0.25) is 4.79 Å². The topological polar surface area (TPSA) is 59.8 Å². The molecule has 0 unspecified atom stereocenters. The van der Waals surface area contributed by atoms with Gasteiger partial charge in [-0.15, -0.1) is 0 Å². The third-order valence-corrected chi connectivity index (χ3v) is 4.49. The van der Waals surface area contributed by atoms with Gasteiger partial charge in [0.05, 0.1) is 0 Å². The lowest BCUT2D eigenvalue weighted by molar-refractivity contribution is -0.149. The first-order valence-corrected chi connectivity index (χ1v) is 8.80. The van der Waals surface area contributed by atoms with E-state index < -0.39 is 12.1 Å². The van der Waals surface area contributed by atoms with Crippen molar-refractivity contribution in [2.45, 2.75) is 32.4 Å². The maximum atomic E-state index is 12.7. The molecule has 3 rings (SSSR count). The Bertz CT molecular complexity index is 826. The molecule has 0 N–H and O–H groups in total. The number of carbonyl (C=O) groups excluding carboxylic acids is 2. The Morgan fingerprint density at radius 1 is 1.32 bits per heavy atom. The van der Waals surface area contributed by atoms with Crippen LogP contribution >= 0.6 is 15.9 Å². The minimum atomic E-state index is -0.867. The van der Waals surface area contributed by atoms with Gasteiger partial charge in [-0.2, -0.15) is 0 Å². The van der Waals surface area contributed by atoms with Crippen molar-refractivity contribution < 1.29 is 18.7 Å². The van der Waals surface area contributed by atoms with Crippen LogP contribution in [0.1, 0.15) is 25.2 Å². The van der Waals surface area contributed by atoms with E-state index in [0.29, 0.717) is 10.4 Å². The number of rotatable bonds is 4. The normalized spacial score (nSPS) is 17.6. The number of hydrogen-bond donors (Lipinski definition) is 0. The predicted octanol–water partition coefficient (Wildman–Crippen LogP) is 3.96. The van der Waals surface area contributed by atoms with Gasteiger partial charge in [-0.25, -0.2) is 4.79 Å². The first-order chi connectivity index (χ1) is 12.0. The second-order valence-electron chi connectivity index (χ2n) is 5.94. The number of halogens is 1. The van der Waals surface area contributed by atoms with Crippen molar-refractivity contribution in [2.24, 2.45) is 0 Å². The molecule has 2 aromatic rings. The summed E-state index contributed by atoms with van der Waals surface area (Å²) in [5.41, 5.74) is 2.02. The highest BCUT2D eigenvalue weighted by Gasteiger charge is 2.34. The number of benzene rings is 1. The van der Waals surface area contributed by atoms with Crippen molar-refractivity contribution in [3.05, 3.63) is 58.5 Å². The fraction of sp³-hybridized carbons (Fsp3) is 0.263. The van der Waals surface area contributed by atoms with Crippen LogP contribution in [0.2, 0.25) is 0 Å². The molecule has 1 aliphatic heterocycles. The summed E-state index contributed by atoms with van der Waals surface area (Å²) in [6.07, 6.45) is 2.68. The molecule has 0 bridgehead atoms. The summed E-state index contributed by atoms with van der Waals surface area (Å²) in [5, 5.41) is 0. The predicted molar refractivity (Wildman–Crippen MR) is 98.1 cm³/mol. The number of hydrogen-bond acceptors (Lipinski definition) is 4. The van der Waals surface area contributed by atoms with Crippen LogP contribution in [-0.4, -0.2) is 24.0 Å². The van der Waals surface area contributed by atoms with Crippen LogP contribution in [0.5, 0.6) is 0 Å². The monoisotopic (exact) mass is 403 g/mol. The molecule has 1 aromatic carbocycles. The molecule has 0 fully saturated rings. The number of esters is 1. The lowest BCUT2D eigenvalue weighted by Gasteiger charge is -2.25. The average Bonchev–Trinajstić information content (AvgIpc) is 3.14. The summed E-state index contributed by atoms with van der Waals surface area (Å²) in [6.45, 7) is 3.58. The molecule has 5 nitrogen and oxygen atoms in total. The van der Waals surface area contributed by atoms with Crippen LogP contribution in [0.15, 0.2) is 51.6 Å². The molecule has 2 heterocycles. The number of nitrogens with zero attached hydrogens (tertiary/aromatic N) is 1. The number of para-hydroxylation sites is 1. The number of amides is 1. The van der Waals surface area contributed by atoms with E-state index in [4.69, 9.17) is 9.15 Å². The van der Waals surface area contributed by atoms with Gasteiger partial charge >= 0.3 is 5.97 Å². The van der Waals surface area contributed by atoms with Gasteiger partial charge in [0.25, 0.3) is 5.91 Å². The zero-order valence-electron chi connectivity index (χ0n) is 13.9. The smallest absolute Gasteiger partial charge is 0.331 e. The molecular weight excluding hydrogens is 386 g/mol. The number of fused-ring (bicyclic) bond motifs is 1. The van der Waals surface area contributed by atoms with Gasteiger partial charge < -0.3 is 14.1 Å². The van der Waals surface area contributed by atoms with Crippen LogP contribution in [0, 0.1) is 0 Å². The van der Waals surface area contributed by atoms with E-state index in [1.54, 1.807) is 24.0 Å². The third-order valence-electron chi connectivity index (χ3n) is 4.06. The van der Waals surface area contributed by atoms with Crippen molar-refractivity contribution in [3.8, 4) is 0 Å². The molecule has 1 amide bonds. The van der Waals surface area contributed by atoms with E-state index in [9.17, 15) is 9.59 Å². The van der Waals surface area contributed by atoms with E-state index in [1.165, 1.54) is 12.2 Å². The largest absolute Gasteiger partial charge is 0.450 e. The Kier molecular flexibility index (Phi) is 5.08. The van der Waals surface area contributed by atoms with Crippen molar-refractivity contribution in [3.63, 3.8) is 0 Å². The molecule has 25 heavy (non-hydrogen) atoms. The highest BCUT2D eigenvalue weighted by Crippen LogP contribution is 2.32. The summed E-state index contributed by atoms with van der Waals surface area (Å²) >= 11 is 3.19. The molecule has 130 valence electrons. The summed E-state index contributed by atoms with van der Waals surface area (Å²) in [6, 6.07) is 11.3. The van der Waals surface area contributed by atoms with Crippen LogP contribution < -0.4 is 4.90 Å². The third kappa shape index (κ3) is 3.85. The van der Waals surface area contributed by atoms with Crippen molar-refractivity contribution >= 4 is 39.6 Å². The van der Waals surface area contributed by atoms with E-state index in [2.05, 4.69) is 15.9 Å². The maximum absolute atomic E-state index is 12.7. The van der Waals surface area contributed by atoms with Gasteiger partial charge in [0.15, 0.2) is 10.8 Å². The lowest BCUT2D eigenvalue weighted by atomic mass is 10.1. The Morgan fingerprint density at radius 2 is 2.08 bits per heavy atom. The first kappa shape index (κ1) is 17.5. The standard InChI is InChI=1S/C19H18BrNO4/c1-12-11-14-5-3-4-6-16(14)21(12)19(23)13(2)24-18(22)10-8-15-7-9-17(20)25-15/h3-10,12-13H,11H2,1-2H3/b10-8+/t12-,13-/m1/s1. The molecule has 1 aromatic heterocycles. The average molecular weight is 404 g/mol. The van der Waals surface area contributed by atoms with Gasteiger partial charge in [0.1, 0.15) is 5.76 Å². The molecule has 0 saturated heterocycles. The van der Waals surface area contributed by atoms with Crippen molar-refractivity contribution in [1.29, 1.82) is 0 Å². The van der Waals surface area contributed by atoms with E-state index >= 15 is 0 Å². The van der Waals surface area contributed by atoms with Crippen LogP contribution in [0.3, 0.4) is 0 Å². The van der Waals surface area contributed by atoms with Gasteiger partial charge in [-0.1, -0.05) is 18.2 Å². The Morgan fingerprint density at radius 3 is 2.80 bits per heavy atom. The van der Waals surface area contributed by atoms with Crippen molar-refractivity contribution in [2.75, 3.05) is 4.90 Å². The summed E-state index contributed by atoms with van der Waals surface area (Å²) < 4.78 is 11.1. The first-order valence-electron chi connectivity index (χ1n) is 8.00. The van der Waals surface area contributed by atoms with Gasteiger partial charge in [0.2, 0.25) is 0 Å². The Labute approximate surface area is 154 Å². The summed E-state index contributed by atoms with van der Waals surface area (Å²) in [4.78, 5) is 26.4. The van der Waals surface area contributed by atoms with Crippen LogP contribution in [-0.2, 0) is 20.7 Å². The lowest BCUT2D eigenvalue weighted by Crippen LogP contribution is -2.43. The minimum Gasteiger partial charge on any atom is -0.450 e. The SMILES string of the molecule is C[C@@H]1Cc2ccccc2N1C(=O)[C@@H](C)OC(=O)/C=C/c1ccc(Br)o1. The fourth-order valence-electron chi connectivity index (χ4n) is 2.93. The Balaban J connectivity index is 1.65. The second kappa shape index (κ2) is 7.27. The quantitative estimate of drug-likeness (QED) is 0.572. The minimum absolute atomic E-state index is 0.0436. The number of ether oxygens (including phenoxy) is 1. The maximum Gasteiger partial charge on any atom is 0.331 e. The van der Waals surface area contributed by atoms with Gasteiger partial charge in [0, 0.05) is 17.8 Å². The highest BCUT2D eigenvalue weighted by molar-refractivity contribution is 9.10. The van der Waals surface area contributed by atoms with Crippen molar-refractivity contribution in [1.82, 2.24) is 0 Å². The van der Waals surface area contributed by atoms with Gasteiger partial charge in [-0.05, 0) is 66.0 Å². The molecule has 6 heteroatoms. The molecule has 2 atom stereocenters. The zero-order valence-corrected chi connectivity index (χ0v) is 15.5. The fourth-order valence-corrected chi connectivity index (χ4v) is 3.25. The number of furan rings is 1. The Hall–Kier alpha value is -2.34. The van der Waals surface area contributed by atoms with E-state index in [0.717, 1.165) is 17.7 Å². The van der Waals surface area contributed by atoms with E-state index in [1.807, 2.05) is 31.2 Å². The summed E-state index contributed by atoms with van der Waals surface area (Å²) in [7, 11) is 0. The summed E-state index contributed by atoms with van der Waals surface area (Å²) in [5.74, 6) is -0.293.